The van der Waals surface area contributed by atoms with Gasteiger partial charge in [-0.25, -0.2) is 0 Å². The van der Waals surface area contributed by atoms with Gasteiger partial charge in [0.1, 0.15) is 0 Å². The standard InChI is InChI=1S/C14H24ClN5O.HI/c1-10(2)18-13(21)7-17-14(16-3)20(5)9-12-6-11(15)8-19(12)4;/h6,8,10H,7,9H2,1-5H3,(H,16,17)(H,18,21);1H. The fourth-order valence-corrected chi connectivity index (χ4v) is 2.23. The molecule has 0 saturated heterocycles. The molecular weight excluding hydrogens is 417 g/mol. The van der Waals surface area contributed by atoms with Crippen molar-refractivity contribution in [1.29, 1.82) is 0 Å². The van der Waals surface area contributed by atoms with E-state index < -0.39 is 0 Å². The zero-order chi connectivity index (χ0) is 16.0. The molecule has 0 fully saturated rings. The van der Waals surface area contributed by atoms with Crippen molar-refractivity contribution in [2.45, 2.75) is 26.4 Å². The summed E-state index contributed by atoms with van der Waals surface area (Å²) in [5.41, 5.74) is 1.07. The number of aliphatic imine (C=N–C) groups is 1. The molecule has 1 rings (SSSR count). The third-order valence-corrected chi connectivity index (χ3v) is 3.11. The third-order valence-electron chi connectivity index (χ3n) is 2.90. The van der Waals surface area contributed by atoms with Gasteiger partial charge in [0.15, 0.2) is 5.96 Å². The second-order valence-electron chi connectivity index (χ2n) is 5.24. The summed E-state index contributed by atoms with van der Waals surface area (Å²) in [6.45, 7) is 4.70. The van der Waals surface area contributed by atoms with Crippen LogP contribution in [-0.2, 0) is 18.4 Å². The van der Waals surface area contributed by atoms with Crippen molar-refractivity contribution >= 4 is 47.4 Å². The van der Waals surface area contributed by atoms with Gasteiger partial charge in [0.2, 0.25) is 5.91 Å². The predicted octanol–water partition coefficient (Wildman–Crippen LogP) is 1.83. The van der Waals surface area contributed by atoms with Crippen LogP contribution in [0.1, 0.15) is 19.5 Å². The highest BCUT2D eigenvalue weighted by atomic mass is 127. The summed E-state index contributed by atoms with van der Waals surface area (Å²) in [6.07, 6.45) is 1.86. The average Bonchev–Trinajstić information content (AvgIpc) is 2.67. The van der Waals surface area contributed by atoms with Crippen LogP contribution in [0.4, 0.5) is 0 Å². The Labute approximate surface area is 154 Å². The quantitative estimate of drug-likeness (QED) is 0.416. The lowest BCUT2D eigenvalue weighted by molar-refractivity contribution is -0.120. The Morgan fingerprint density at radius 2 is 2.14 bits per heavy atom. The molecule has 1 aromatic rings. The summed E-state index contributed by atoms with van der Waals surface area (Å²) in [5.74, 6) is 0.604. The lowest BCUT2D eigenvalue weighted by Gasteiger charge is -2.22. The maximum absolute atomic E-state index is 11.6. The van der Waals surface area contributed by atoms with Crippen molar-refractivity contribution in [2.24, 2.45) is 12.0 Å². The highest BCUT2D eigenvalue weighted by molar-refractivity contribution is 14.0. The fourth-order valence-electron chi connectivity index (χ4n) is 1.96. The number of aromatic nitrogens is 1. The molecule has 0 aliphatic heterocycles. The van der Waals surface area contributed by atoms with E-state index in [2.05, 4.69) is 15.6 Å². The summed E-state index contributed by atoms with van der Waals surface area (Å²) in [6, 6.07) is 2.04. The van der Waals surface area contributed by atoms with Crippen LogP contribution in [0, 0.1) is 0 Å². The molecule has 6 nitrogen and oxygen atoms in total. The van der Waals surface area contributed by atoms with Gasteiger partial charge in [-0.05, 0) is 19.9 Å². The molecule has 0 spiro atoms. The Kier molecular flexibility index (Phi) is 9.50. The maximum atomic E-state index is 11.6. The number of halogens is 2. The molecule has 22 heavy (non-hydrogen) atoms. The van der Waals surface area contributed by atoms with Crippen LogP contribution >= 0.6 is 35.6 Å². The first-order valence-electron chi connectivity index (χ1n) is 6.85. The van der Waals surface area contributed by atoms with Gasteiger partial charge in [-0.2, -0.15) is 0 Å². The summed E-state index contributed by atoms with van der Waals surface area (Å²) < 4.78 is 1.97. The van der Waals surface area contributed by atoms with Crippen LogP contribution in [-0.4, -0.2) is 48.0 Å². The number of nitrogens with zero attached hydrogens (tertiary/aromatic N) is 3. The molecule has 0 aliphatic carbocycles. The molecular formula is C14H25ClIN5O. The van der Waals surface area contributed by atoms with Crippen molar-refractivity contribution < 1.29 is 4.79 Å². The molecule has 1 amide bonds. The zero-order valence-corrected chi connectivity index (χ0v) is 16.8. The van der Waals surface area contributed by atoms with E-state index in [1.807, 2.05) is 49.7 Å². The van der Waals surface area contributed by atoms with E-state index in [1.54, 1.807) is 7.05 Å². The largest absolute Gasteiger partial charge is 0.352 e. The Morgan fingerprint density at radius 3 is 2.59 bits per heavy atom. The summed E-state index contributed by atoms with van der Waals surface area (Å²) in [7, 11) is 5.55. The number of guanidine groups is 1. The Bertz CT molecular complexity index is 515. The average molecular weight is 442 g/mol. The summed E-state index contributed by atoms with van der Waals surface area (Å²) in [4.78, 5) is 17.8. The molecule has 2 N–H and O–H groups in total. The number of carbonyl (C=O) groups excluding carboxylic acids is 1. The van der Waals surface area contributed by atoms with E-state index in [0.29, 0.717) is 17.5 Å². The minimum Gasteiger partial charge on any atom is -0.352 e. The molecule has 1 heterocycles. The van der Waals surface area contributed by atoms with Gasteiger partial charge < -0.3 is 20.1 Å². The molecule has 0 aromatic carbocycles. The minimum absolute atomic E-state index is 0. The topological polar surface area (TPSA) is 61.7 Å². The lowest BCUT2D eigenvalue weighted by atomic mass is 10.4. The van der Waals surface area contributed by atoms with Gasteiger partial charge >= 0.3 is 0 Å². The normalized spacial score (nSPS) is 11.1. The summed E-state index contributed by atoms with van der Waals surface area (Å²) in [5, 5.41) is 6.58. The van der Waals surface area contributed by atoms with Gasteiger partial charge in [-0.3, -0.25) is 9.79 Å². The number of hydrogen-bond donors (Lipinski definition) is 2. The molecule has 126 valence electrons. The fraction of sp³-hybridized carbons (Fsp3) is 0.571. The van der Waals surface area contributed by atoms with E-state index in [0.717, 1.165) is 5.69 Å². The molecule has 0 bridgehead atoms. The number of hydrogen-bond acceptors (Lipinski definition) is 2. The molecule has 0 radical (unpaired) electrons. The van der Waals surface area contributed by atoms with Crippen molar-refractivity contribution in [2.75, 3.05) is 20.6 Å². The number of amides is 1. The van der Waals surface area contributed by atoms with Gasteiger partial charge in [0.25, 0.3) is 0 Å². The van der Waals surface area contributed by atoms with E-state index in [-0.39, 0.29) is 42.5 Å². The number of rotatable bonds is 5. The number of aryl methyl sites for hydroxylation is 1. The first kappa shape index (κ1) is 21.0. The van der Waals surface area contributed by atoms with Crippen LogP contribution in [0.15, 0.2) is 17.3 Å². The summed E-state index contributed by atoms with van der Waals surface area (Å²) >= 11 is 5.98. The van der Waals surface area contributed by atoms with Crippen LogP contribution in [0.2, 0.25) is 5.02 Å². The highest BCUT2D eigenvalue weighted by Crippen LogP contribution is 2.14. The molecule has 0 saturated carbocycles. The van der Waals surface area contributed by atoms with Crippen molar-refractivity contribution in [1.82, 2.24) is 20.1 Å². The second-order valence-corrected chi connectivity index (χ2v) is 5.68. The predicted molar refractivity (Wildman–Crippen MR) is 102 cm³/mol. The lowest BCUT2D eigenvalue weighted by Crippen LogP contribution is -2.45. The van der Waals surface area contributed by atoms with Gasteiger partial charge in [-0.1, -0.05) is 11.6 Å². The second kappa shape index (κ2) is 9.94. The Morgan fingerprint density at radius 1 is 1.50 bits per heavy atom. The number of carbonyl (C=O) groups is 1. The first-order valence-corrected chi connectivity index (χ1v) is 7.23. The van der Waals surface area contributed by atoms with Gasteiger partial charge in [0, 0.05) is 39.1 Å². The van der Waals surface area contributed by atoms with E-state index >= 15 is 0 Å². The van der Waals surface area contributed by atoms with E-state index in [1.165, 1.54) is 0 Å². The number of nitrogens with one attached hydrogen (secondary N) is 2. The van der Waals surface area contributed by atoms with Crippen molar-refractivity contribution in [3.8, 4) is 0 Å². The van der Waals surface area contributed by atoms with E-state index in [4.69, 9.17) is 11.6 Å². The molecule has 0 aliphatic rings. The van der Waals surface area contributed by atoms with Crippen LogP contribution in [0.25, 0.3) is 0 Å². The Hall–Kier alpha value is -0.960. The Balaban J connectivity index is 0.00000441. The smallest absolute Gasteiger partial charge is 0.239 e. The van der Waals surface area contributed by atoms with Gasteiger partial charge in [-0.15, -0.1) is 24.0 Å². The highest BCUT2D eigenvalue weighted by Gasteiger charge is 2.11. The molecule has 1 aromatic heterocycles. The molecule has 0 atom stereocenters. The van der Waals surface area contributed by atoms with Crippen molar-refractivity contribution in [3.05, 3.63) is 23.0 Å². The molecule has 8 heteroatoms. The monoisotopic (exact) mass is 441 g/mol. The van der Waals surface area contributed by atoms with Crippen LogP contribution in [0.3, 0.4) is 0 Å². The zero-order valence-electron chi connectivity index (χ0n) is 13.7. The third kappa shape index (κ3) is 6.87. The minimum atomic E-state index is -0.0542. The van der Waals surface area contributed by atoms with Crippen molar-refractivity contribution in [3.63, 3.8) is 0 Å². The van der Waals surface area contributed by atoms with Crippen LogP contribution in [0.5, 0.6) is 0 Å². The van der Waals surface area contributed by atoms with E-state index in [9.17, 15) is 4.79 Å². The first-order chi connectivity index (χ1) is 9.83. The molecule has 0 unspecified atom stereocenters. The SMILES string of the molecule is CN=C(NCC(=O)NC(C)C)N(C)Cc1cc(Cl)cn1C.I. The van der Waals surface area contributed by atoms with Crippen LogP contribution < -0.4 is 10.6 Å². The maximum Gasteiger partial charge on any atom is 0.239 e. The van der Waals surface area contributed by atoms with Gasteiger partial charge in [0.05, 0.1) is 18.1 Å².